The second-order valence-corrected chi connectivity index (χ2v) is 3.89. The van der Waals surface area contributed by atoms with Gasteiger partial charge in [0.1, 0.15) is 5.82 Å². The van der Waals surface area contributed by atoms with Crippen LogP contribution in [0.5, 0.6) is 0 Å². The first-order valence-corrected chi connectivity index (χ1v) is 5.38. The Labute approximate surface area is 99.5 Å². The minimum Gasteiger partial charge on any atom is -0.399 e. The summed E-state index contributed by atoms with van der Waals surface area (Å²) in [7, 11) is 0. The van der Waals surface area contributed by atoms with Crippen LogP contribution in [0, 0.1) is 5.82 Å². The first-order chi connectivity index (χ1) is 8.16. The van der Waals surface area contributed by atoms with E-state index >= 15 is 0 Å². The lowest BCUT2D eigenvalue weighted by molar-refractivity contribution is 0.628. The molecule has 4 heteroatoms. The molecule has 1 heterocycles. The lowest BCUT2D eigenvalue weighted by Crippen LogP contribution is -2.08. The predicted molar refractivity (Wildman–Crippen MR) is 67.1 cm³/mol. The second kappa shape index (κ2) is 4.82. The fourth-order valence-corrected chi connectivity index (χ4v) is 1.60. The van der Waals surface area contributed by atoms with Crippen LogP contribution in [0.25, 0.3) is 0 Å². The maximum Gasteiger partial charge on any atom is 0.148 e. The third-order valence-corrected chi connectivity index (χ3v) is 2.55. The van der Waals surface area contributed by atoms with E-state index in [1.807, 2.05) is 19.1 Å². The Hall–Kier alpha value is -2.10. The smallest absolute Gasteiger partial charge is 0.148 e. The molecule has 0 aliphatic heterocycles. The molecule has 0 amide bonds. The number of pyridine rings is 1. The standard InChI is InChI=1S/C13H14FN3/c1-9(10-3-2-6-16-8-10)17-13-5-4-11(15)7-12(13)14/h2-9,17H,15H2,1H3. The summed E-state index contributed by atoms with van der Waals surface area (Å²) in [6.45, 7) is 1.95. The molecule has 0 aliphatic carbocycles. The molecule has 0 fully saturated rings. The van der Waals surface area contributed by atoms with Gasteiger partial charge in [-0.15, -0.1) is 0 Å². The fourth-order valence-electron chi connectivity index (χ4n) is 1.60. The molecule has 0 radical (unpaired) electrons. The maximum atomic E-state index is 13.6. The molecule has 88 valence electrons. The zero-order valence-electron chi connectivity index (χ0n) is 9.52. The third kappa shape index (κ3) is 2.72. The first-order valence-electron chi connectivity index (χ1n) is 5.38. The topological polar surface area (TPSA) is 50.9 Å². The third-order valence-electron chi connectivity index (χ3n) is 2.55. The van der Waals surface area contributed by atoms with Crippen LogP contribution < -0.4 is 11.1 Å². The zero-order chi connectivity index (χ0) is 12.3. The van der Waals surface area contributed by atoms with Crippen LogP contribution in [0.3, 0.4) is 0 Å². The van der Waals surface area contributed by atoms with E-state index in [0.717, 1.165) is 5.56 Å². The lowest BCUT2D eigenvalue weighted by Gasteiger charge is -2.15. The number of hydrogen-bond donors (Lipinski definition) is 2. The van der Waals surface area contributed by atoms with E-state index in [-0.39, 0.29) is 11.9 Å². The molecule has 0 aliphatic rings. The quantitative estimate of drug-likeness (QED) is 0.798. The molecule has 0 saturated heterocycles. The number of rotatable bonds is 3. The van der Waals surface area contributed by atoms with E-state index in [1.54, 1.807) is 24.5 Å². The van der Waals surface area contributed by atoms with Crippen molar-refractivity contribution in [3.63, 3.8) is 0 Å². The van der Waals surface area contributed by atoms with Gasteiger partial charge in [-0.3, -0.25) is 4.98 Å². The molecule has 0 spiro atoms. The molecular formula is C13H14FN3. The molecule has 3 nitrogen and oxygen atoms in total. The molecule has 3 N–H and O–H groups in total. The minimum absolute atomic E-state index is 0.0122. The summed E-state index contributed by atoms with van der Waals surface area (Å²) in [4.78, 5) is 4.03. The van der Waals surface area contributed by atoms with E-state index in [1.165, 1.54) is 6.07 Å². The number of anilines is 2. The molecule has 1 atom stereocenters. The Bertz CT molecular complexity index is 499. The van der Waals surface area contributed by atoms with E-state index in [0.29, 0.717) is 11.4 Å². The van der Waals surface area contributed by atoms with E-state index in [4.69, 9.17) is 5.73 Å². The molecule has 1 aromatic heterocycles. The van der Waals surface area contributed by atoms with Gasteiger partial charge in [-0.05, 0) is 36.8 Å². The van der Waals surface area contributed by atoms with E-state index < -0.39 is 0 Å². The minimum atomic E-state index is -0.347. The average molecular weight is 231 g/mol. The summed E-state index contributed by atoms with van der Waals surface area (Å²) in [5, 5.41) is 3.08. The Kier molecular flexibility index (Phi) is 3.23. The van der Waals surface area contributed by atoms with E-state index in [2.05, 4.69) is 10.3 Å². The predicted octanol–water partition coefficient (Wildman–Crippen LogP) is 2.98. The van der Waals surface area contributed by atoms with Crippen molar-refractivity contribution in [3.05, 3.63) is 54.1 Å². The van der Waals surface area contributed by atoms with Crippen molar-refractivity contribution < 1.29 is 4.39 Å². The van der Waals surface area contributed by atoms with Crippen LogP contribution in [-0.2, 0) is 0 Å². The van der Waals surface area contributed by atoms with Crippen LogP contribution in [0.2, 0.25) is 0 Å². The molecule has 1 aromatic carbocycles. The Morgan fingerprint density at radius 3 is 2.82 bits per heavy atom. The molecule has 0 saturated carbocycles. The highest BCUT2D eigenvalue weighted by atomic mass is 19.1. The fraction of sp³-hybridized carbons (Fsp3) is 0.154. The van der Waals surface area contributed by atoms with Crippen molar-refractivity contribution in [2.45, 2.75) is 13.0 Å². The van der Waals surface area contributed by atoms with Gasteiger partial charge in [0.05, 0.1) is 11.7 Å². The van der Waals surface area contributed by atoms with Gasteiger partial charge >= 0.3 is 0 Å². The number of nitrogens with zero attached hydrogens (tertiary/aromatic N) is 1. The zero-order valence-corrected chi connectivity index (χ0v) is 9.52. The second-order valence-electron chi connectivity index (χ2n) is 3.89. The van der Waals surface area contributed by atoms with Crippen LogP contribution in [-0.4, -0.2) is 4.98 Å². The SMILES string of the molecule is CC(Nc1ccc(N)cc1F)c1cccnc1. The number of aromatic nitrogens is 1. The van der Waals surface area contributed by atoms with Crippen molar-refractivity contribution in [2.24, 2.45) is 0 Å². The number of nitrogens with one attached hydrogen (secondary N) is 1. The summed E-state index contributed by atoms with van der Waals surface area (Å²) in [6, 6.07) is 8.39. The van der Waals surface area contributed by atoms with Crippen molar-refractivity contribution in [1.82, 2.24) is 4.98 Å². The normalized spacial score (nSPS) is 12.1. The van der Waals surface area contributed by atoms with Crippen LogP contribution in [0.4, 0.5) is 15.8 Å². The monoisotopic (exact) mass is 231 g/mol. The van der Waals surface area contributed by atoms with Gasteiger partial charge < -0.3 is 11.1 Å². The maximum absolute atomic E-state index is 13.6. The van der Waals surface area contributed by atoms with Crippen molar-refractivity contribution in [3.8, 4) is 0 Å². The summed E-state index contributed by atoms with van der Waals surface area (Å²) in [5.41, 5.74) is 7.35. The highest BCUT2D eigenvalue weighted by Crippen LogP contribution is 2.22. The summed E-state index contributed by atoms with van der Waals surface area (Å²) < 4.78 is 13.6. The molecule has 2 rings (SSSR count). The summed E-state index contributed by atoms with van der Waals surface area (Å²) in [5.74, 6) is -0.347. The van der Waals surface area contributed by atoms with Gasteiger partial charge in [-0.2, -0.15) is 0 Å². The number of benzene rings is 1. The molecule has 0 bridgehead atoms. The van der Waals surface area contributed by atoms with Crippen LogP contribution in [0.1, 0.15) is 18.5 Å². The van der Waals surface area contributed by atoms with Gasteiger partial charge in [0.25, 0.3) is 0 Å². The van der Waals surface area contributed by atoms with Crippen LogP contribution in [0.15, 0.2) is 42.7 Å². The van der Waals surface area contributed by atoms with Crippen molar-refractivity contribution >= 4 is 11.4 Å². The highest BCUT2D eigenvalue weighted by molar-refractivity contribution is 5.53. The largest absolute Gasteiger partial charge is 0.399 e. The number of nitrogens with two attached hydrogens (primary N) is 1. The molecule has 17 heavy (non-hydrogen) atoms. The van der Waals surface area contributed by atoms with Gasteiger partial charge in [0.15, 0.2) is 0 Å². The Balaban J connectivity index is 2.16. The van der Waals surface area contributed by atoms with Gasteiger partial charge in [-0.25, -0.2) is 4.39 Å². The number of hydrogen-bond acceptors (Lipinski definition) is 3. The highest BCUT2D eigenvalue weighted by Gasteiger charge is 2.08. The Morgan fingerprint density at radius 1 is 1.35 bits per heavy atom. The first kappa shape index (κ1) is 11.4. The van der Waals surface area contributed by atoms with Crippen LogP contribution >= 0.6 is 0 Å². The van der Waals surface area contributed by atoms with Gasteiger partial charge in [0.2, 0.25) is 0 Å². The molecular weight excluding hydrogens is 217 g/mol. The van der Waals surface area contributed by atoms with Crippen molar-refractivity contribution in [1.29, 1.82) is 0 Å². The number of halogens is 1. The summed E-state index contributed by atoms with van der Waals surface area (Å²) >= 11 is 0. The van der Waals surface area contributed by atoms with E-state index in [9.17, 15) is 4.39 Å². The number of nitrogen functional groups attached to an aromatic ring is 1. The Morgan fingerprint density at radius 2 is 2.18 bits per heavy atom. The van der Waals surface area contributed by atoms with Crippen molar-refractivity contribution in [2.75, 3.05) is 11.1 Å². The van der Waals surface area contributed by atoms with Gasteiger partial charge in [-0.1, -0.05) is 6.07 Å². The average Bonchev–Trinajstić information content (AvgIpc) is 2.34. The molecule has 2 aromatic rings. The lowest BCUT2D eigenvalue weighted by atomic mass is 10.1. The summed E-state index contributed by atoms with van der Waals surface area (Å²) in [6.07, 6.45) is 3.47. The van der Waals surface area contributed by atoms with Gasteiger partial charge in [0, 0.05) is 18.1 Å². The molecule has 1 unspecified atom stereocenters.